The molecular formula is C24H33ClN2O. The summed E-state index contributed by atoms with van der Waals surface area (Å²) >= 11 is 6.14. The summed E-state index contributed by atoms with van der Waals surface area (Å²) in [6.07, 6.45) is 2.58. The van der Waals surface area contributed by atoms with Crippen LogP contribution in [0, 0.1) is 5.92 Å². The molecule has 0 amide bonds. The lowest BCUT2D eigenvalue weighted by atomic mass is 10.1. The molecule has 0 bridgehead atoms. The van der Waals surface area contributed by atoms with Crippen molar-refractivity contribution >= 4 is 17.3 Å². The second-order valence-corrected chi connectivity index (χ2v) is 8.61. The summed E-state index contributed by atoms with van der Waals surface area (Å²) in [7, 11) is 0. The highest BCUT2D eigenvalue weighted by Gasteiger charge is 2.25. The van der Waals surface area contributed by atoms with Gasteiger partial charge >= 0.3 is 0 Å². The Labute approximate surface area is 175 Å². The van der Waals surface area contributed by atoms with Gasteiger partial charge in [0.1, 0.15) is 0 Å². The number of nitrogens with zero attached hydrogens (tertiary/aromatic N) is 2. The van der Waals surface area contributed by atoms with Gasteiger partial charge in [-0.1, -0.05) is 55.8 Å². The number of rotatable bonds is 10. The van der Waals surface area contributed by atoms with Gasteiger partial charge < -0.3 is 9.64 Å². The Bertz CT molecular complexity index is 684. The largest absolute Gasteiger partial charge is 0.379 e. The van der Waals surface area contributed by atoms with Crippen LogP contribution >= 0.6 is 11.6 Å². The first-order valence-electron chi connectivity index (χ1n) is 10.5. The number of anilines is 1. The average molecular weight is 401 g/mol. The van der Waals surface area contributed by atoms with E-state index in [0.717, 1.165) is 31.3 Å². The van der Waals surface area contributed by atoms with Gasteiger partial charge in [0, 0.05) is 30.4 Å². The number of hydrogen-bond donors (Lipinski definition) is 0. The minimum atomic E-state index is 0.403. The fourth-order valence-corrected chi connectivity index (χ4v) is 3.92. The van der Waals surface area contributed by atoms with Gasteiger partial charge in [-0.25, -0.2) is 0 Å². The normalized spacial score (nSPS) is 15.9. The van der Waals surface area contributed by atoms with E-state index in [2.05, 4.69) is 66.1 Å². The molecule has 1 saturated heterocycles. The standard InChI is InChI=1S/C24H33ClN2O/c1-20(2)18-28-19-24(26-14-6-7-15-26)17-27(16-21-8-4-3-5-9-21)23-12-10-22(25)11-13-23/h3-5,8-13,20,24H,6-7,14-19H2,1-2H3. The van der Waals surface area contributed by atoms with Gasteiger partial charge in [-0.2, -0.15) is 0 Å². The number of likely N-dealkylation sites (tertiary alicyclic amines) is 1. The third-order valence-electron chi connectivity index (χ3n) is 5.26. The molecule has 1 aliphatic rings. The Morgan fingerprint density at radius 1 is 0.964 bits per heavy atom. The van der Waals surface area contributed by atoms with Crippen LogP contribution in [0.4, 0.5) is 5.69 Å². The highest BCUT2D eigenvalue weighted by atomic mass is 35.5. The number of hydrogen-bond acceptors (Lipinski definition) is 3. The molecule has 4 heteroatoms. The van der Waals surface area contributed by atoms with Crippen molar-refractivity contribution in [1.82, 2.24) is 4.90 Å². The molecule has 1 unspecified atom stereocenters. The fourth-order valence-electron chi connectivity index (χ4n) is 3.79. The maximum atomic E-state index is 6.14. The topological polar surface area (TPSA) is 15.7 Å². The summed E-state index contributed by atoms with van der Waals surface area (Å²) in [6, 6.07) is 19.3. The van der Waals surface area contributed by atoms with Crippen LogP contribution in [0.5, 0.6) is 0 Å². The molecule has 1 fully saturated rings. The zero-order chi connectivity index (χ0) is 19.8. The molecule has 1 heterocycles. The van der Waals surface area contributed by atoms with Crippen LogP contribution in [0.3, 0.4) is 0 Å². The van der Waals surface area contributed by atoms with Crippen LogP contribution in [-0.4, -0.2) is 43.8 Å². The van der Waals surface area contributed by atoms with Gasteiger partial charge in [0.25, 0.3) is 0 Å². The Morgan fingerprint density at radius 3 is 2.29 bits per heavy atom. The first kappa shape index (κ1) is 21.2. The lowest BCUT2D eigenvalue weighted by Crippen LogP contribution is -2.45. The van der Waals surface area contributed by atoms with E-state index in [9.17, 15) is 0 Å². The number of benzene rings is 2. The zero-order valence-corrected chi connectivity index (χ0v) is 17.9. The van der Waals surface area contributed by atoms with E-state index >= 15 is 0 Å². The van der Waals surface area contributed by atoms with E-state index in [1.54, 1.807) is 0 Å². The SMILES string of the molecule is CC(C)COCC(CN(Cc1ccccc1)c1ccc(Cl)cc1)N1CCCC1. The maximum Gasteiger partial charge on any atom is 0.0639 e. The van der Waals surface area contributed by atoms with Gasteiger partial charge in [0.05, 0.1) is 12.6 Å². The lowest BCUT2D eigenvalue weighted by Gasteiger charge is -2.34. The van der Waals surface area contributed by atoms with Crippen molar-refractivity contribution in [2.45, 2.75) is 39.3 Å². The van der Waals surface area contributed by atoms with Gasteiger partial charge in [0.15, 0.2) is 0 Å². The smallest absolute Gasteiger partial charge is 0.0639 e. The predicted octanol–water partition coefficient (Wildman–Crippen LogP) is 5.48. The molecule has 0 N–H and O–H groups in total. The Morgan fingerprint density at radius 2 is 1.64 bits per heavy atom. The van der Waals surface area contributed by atoms with E-state index in [-0.39, 0.29) is 0 Å². The zero-order valence-electron chi connectivity index (χ0n) is 17.2. The van der Waals surface area contributed by atoms with Crippen LogP contribution in [0.25, 0.3) is 0 Å². The van der Waals surface area contributed by atoms with E-state index in [1.807, 2.05) is 12.1 Å². The van der Waals surface area contributed by atoms with Crippen molar-refractivity contribution < 1.29 is 4.74 Å². The molecule has 2 aromatic carbocycles. The minimum absolute atomic E-state index is 0.403. The molecule has 1 atom stereocenters. The van der Waals surface area contributed by atoms with Crippen molar-refractivity contribution in [2.75, 3.05) is 37.7 Å². The number of halogens is 1. The third kappa shape index (κ3) is 6.51. The highest BCUT2D eigenvalue weighted by Crippen LogP contribution is 2.23. The van der Waals surface area contributed by atoms with Gasteiger partial charge in [0.2, 0.25) is 0 Å². The summed E-state index contributed by atoms with van der Waals surface area (Å²) in [4.78, 5) is 5.07. The van der Waals surface area contributed by atoms with Crippen molar-refractivity contribution in [1.29, 1.82) is 0 Å². The van der Waals surface area contributed by atoms with Crippen molar-refractivity contribution in [3.63, 3.8) is 0 Å². The summed E-state index contributed by atoms with van der Waals surface area (Å²) in [6.45, 7) is 10.2. The highest BCUT2D eigenvalue weighted by molar-refractivity contribution is 6.30. The lowest BCUT2D eigenvalue weighted by molar-refractivity contribution is 0.0567. The van der Waals surface area contributed by atoms with Crippen LogP contribution in [-0.2, 0) is 11.3 Å². The molecular weight excluding hydrogens is 368 g/mol. The van der Waals surface area contributed by atoms with E-state index in [1.165, 1.54) is 37.2 Å². The fraction of sp³-hybridized carbons (Fsp3) is 0.500. The maximum absolute atomic E-state index is 6.14. The first-order chi connectivity index (χ1) is 13.6. The Hall–Kier alpha value is -1.55. The molecule has 2 aromatic rings. The summed E-state index contributed by atoms with van der Waals surface area (Å²) < 4.78 is 6.09. The molecule has 0 saturated carbocycles. The van der Waals surface area contributed by atoms with Gasteiger partial charge in [-0.05, 0) is 61.7 Å². The summed E-state index contributed by atoms with van der Waals surface area (Å²) in [5.41, 5.74) is 2.53. The molecule has 0 aromatic heterocycles. The molecule has 1 aliphatic heterocycles. The molecule has 28 heavy (non-hydrogen) atoms. The molecule has 0 spiro atoms. The quantitative estimate of drug-likeness (QED) is 0.524. The second kappa shape index (κ2) is 10.8. The summed E-state index contributed by atoms with van der Waals surface area (Å²) in [5.74, 6) is 0.566. The van der Waals surface area contributed by atoms with Crippen molar-refractivity contribution in [3.8, 4) is 0 Å². The predicted molar refractivity (Wildman–Crippen MR) is 119 cm³/mol. The van der Waals surface area contributed by atoms with Crippen LogP contribution in [0.15, 0.2) is 54.6 Å². The third-order valence-corrected chi connectivity index (χ3v) is 5.51. The van der Waals surface area contributed by atoms with Gasteiger partial charge in [-0.3, -0.25) is 4.90 Å². The van der Waals surface area contributed by atoms with Crippen LogP contribution < -0.4 is 4.90 Å². The van der Waals surface area contributed by atoms with Crippen molar-refractivity contribution in [2.24, 2.45) is 5.92 Å². The van der Waals surface area contributed by atoms with Crippen molar-refractivity contribution in [3.05, 3.63) is 65.2 Å². The molecule has 0 aliphatic carbocycles. The summed E-state index contributed by atoms with van der Waals surface area (Å²) in [5, 5.41) is 0.778. The molecule has 3 rings (SSSR count). The van der Waals surface area contributed by atoms with Crippen LogP contribution in [0.1, 0.15) is 32.3 Å². The molecule has 152 valence electrons. The van der Waals surface area contributed by atoms with Crippen LogP contribution in [0.2, 0.25) is 5.02 Å². The molecule has 3 nitrogen and oxygen atoms in total. The first-order valence-corrected chi connectivity index (χ1v) is 10.9. The van der Waals surface area contributed by atoms with E-state index < -0.39 is 0 Å². The molecule has 0 radical (unpaired) electrons. The van der Waals surface area contributed by atoms with E-state index in [0.29, 0.717) is 12.0 Å². The van der Waals surface area contributed by atoms with E-state index in [4.69, 9.17) is 16.3 Å². The second-order valence-electron chi connectivity index (χ2n) is 8.17. The number of ether oxygens (including phenoxy) is 1. The van der Waals surface area contributed by atoms with Gasteiger partial charge in [-0.15, -0.1) is 0 Å². The minimum Gasteiger partial charge on any atom is -0.379 e. The Kier molecular flexibility index (Phi) is 8.20. The average Bonchev–Trinajstić information content (AvgIpc) is 3.22. The Balaban J connectivity index is 1.76. The monoisotopic (exact) mass is 400 g/mol.